The Morgan fingerprint density at radius 2 is 2.08 bits per heavy atom. The number of allylic oxidation sites excluding steroid dienone is 3. The lowest BCUT2D eigenvalue weighted by molar-refractivity contribution is -0.254. The first-order valence-corrected chi connectivity index (χ1v) is 15.3. The van der Waals surface area contributed by atoms with Crippen molar-refractivity contribution in [1.82, 2.24) is 5.32 Å². The maximum atomic E-state index is 13.3. The van der Waals surface area contributed by atoms with Crippen LogP contribution in [0.4, 0.5) is 4.79 Å². The third kappa shape index (κ3) is 6.76. The number of alkyl carbamates (subject to hydrolysis) is 1. The Morgan fingerprint density at radius 1 is 1.34 bits per heavy atom. The van der Waals surface area contributed by atoms with Crippen LogP contribution in [0.2, 0.25) is 0 Å². The van der Waals surface area contributed by atoms with Gasteiger partial charge in [0.1, 0.15) is 24.3 Å². The molecule has 4 N–H and O–H groups in total. The number of aliphatic hydroxyl groups excluding tert-OH is 2. The number of rotatable bonds is 8. The van der Waals surface area contributed by atoms with Gasteiger partial charge < -0.3 is 34.8 Å². The lowest BCUT2D eigenvalue weighted by Crippen LogP contribution is -2.57. The van der Waals surface area contributed by atoms with Gasteiger partial charge in [-0.3, -0.25) is 4.79 Å². The Bertz CT molecular complexity index is 1170. The van der Waals surface area contributed by atoms with Gasteiger partial charge in [-0.15, -0.1) is 0 Å². The van der Waals surface area contributed by atoms with Crippen LogP contribution in [-0.4, -0.2) is 88.6 Å². The average Bonchev–Trinajstić information content (AvgIpc) is 2.88. The average molecular weight is 583 g/mol. The van der Waals surface area contributed by atoms with Crippen LogP contribution >= 0.6 is 31.4 Å². The van der Waals surface area contributed by atoms with E-state index in [0.717, 1.165) is 7.11 Å². The van der Waals surface area contributed by atoms with Crippen LogP contribution in [0.5, 0.6) is 0 Å². The number of aliphatic hydroxyl groups is 3. The first-order chi connectivity index (χ1) is 18.2. The smallest absolute Gasteiger partial charge is 0.407 e. The summed E-state index contributed by atoms with van der Waals surface area (Å²) in [5, 5.41) is 37.9. The molecule has 1 heterocycles. The Kier molecular flexibility index (Phi) is 10.8. The first kappa shape index (κ1) is 30.1. The normalized spacial score (nSPS) is 36.2. The molecule has 7 atom stereocenters. The second kappa shape index (κ2) is 13.6. The quantitative estimate of drug-likeness (QED) is 0.141. The van der Waals surface area contributed by atoms with E-state index in [9.17, 15) is 29.8 Å². The molecule has 2 fully saturated rings. The van der Waals surface area contributed by atoms with Gasteiger partial charge in [-0.1, -0.05) is 50.6 Å². The molecular weight excluding hydrogens is 556 g/mol. The van der Waals surface area contributed by atoms with E-state index in [1.165, 1.54) is 50.5 Å². The molecule has 0 aromatic heterocycles. The summed E-state index contributed by atoms with van der Waals surface area (Å²) in [6, 6.07) is -2.60. The molecule has 0 spiro atoms. The van der Waals surface area contributed by atoms with E-state index < -0.39 is 60.6 Å². The van der Waals surface area contributed by atoms with Crippen molar-refractivity contribution in [3.8, 4) is 23.7 Å². The van der Waals surface area contributed by atoms with Crippen molar-refractivity contribution < 1.29 is 39.1 Å². The maximum Gasteiger partial charge on any atom is 0.407 e. The molecule has 2 bridgehead atoms. The number of carbonyl (C=O) groups excluding carboxylic acids is 2. The van der Waals surface area contributed by atoms with E-state index in [1.54, 1.807) is 6.08 Å². The van der Waals surface area contributed by atoms with Gasteiger partial charge in [0.25, 0.3) is 0 Å². The highest BCUT2D eigenvalue weighted by atomic mass is 33.5. The lowest BCUT2D eigenvalue weighted by atomic mass is 9.73. The van der Waals surface area contributed by atoms with Crippen molar-refractivity contribution in [3.63, 3.8) is 0 Å². The number of methoxy groups -OCH3 is 1. The molecule has 0 radical (unpaired) electrons. The minimum atomic E-state index is -1.95. The Hall–Kier alpha value is -2.43. The van der Waals surface area contributed by atoms with Crippen molar-refractivity contribution in [2.45, 2.75) is 55.6 Å². The van der Waals surface area contributed by atoms with Gasteiger partial charge in [-0.05, 0) is 41.1 Å². The molecule has 1 unspecified atom stereocenters. The molecule has 1 saturated heterocycles. The van der Waals surface area contributed by atoms with Crippen LogP contribution in [0.1, 0.15) is 13.3 Å². The predicted molar refractivity (Wildman–Crippen MR) is 144 cm³/mol. The fourth-order valence-electron chi connectivity index (χ4n) is 4.04. The molecule has 2 aliphatic carbocycles. The predicted octanol–water partition coefficient (Wildman–Crippen LogP) is 1.45. The number of carbonyl (C=O) groups is 2. The number of hydrogen-bond donors (Lipinski definition) is 4. The largest absolute Gasteiger partial charge is 0.453 e. The highest BCUT2D eigenvalue weighted by Gasteiger charge is 2.49. The molecule has 0 aromatic rings. The minimum absolute atomic E-state index is 0.00502. The number of hydrogen-bond acceptors (Lipinski definition) is 13. The number of amides is 1. The SMILES string of the molecule is COC(=O)NC1C(=O)C[C@@]2(O)C#C/C=C\C#C/C(O[C@@H]3O[C@H](C)[C@@H](N=O)[C@H](O)[C@H]3O)=C1\C2=C/CSSSC. The number of nitrogens with one attached hydrogen (secondary N) is 1. The number of nitrogens with zero attached hydrogens (tertiary/aromatic N) is 1. The summed E-state index contributed by atoms with van der Waals surface area (Å²) in [4.78, 5) is 36.6. The molecule has 204 valence electrons. The molecule has 3 rings (SSSR count). The fourth-order valence-corrected chi connectivity index (χ4v) is 6.45. The topological polar surface area (TPSA) is 164 Å². The Labute approximate surface area is 231 Å². The summed E-state index contributed by atoms with van der Waals surface area (Å²) in [5.41, 5.74) is -1.78. The molecule has 3 aliphatic rings. The zero-order chi connectivity index (χ0) is 27.9. The standard InChI is InChI=1S/C24H26N2O9S3/c1-13-18(26-32)20(28)21(29)22(34-13)35-16-8-6-4-5-7-10-24(31)12-15(27)19(25-23(30)33-2)17(16)14(24)9-11-37-38-36-3/h4-5,9,13,18-22,28-29,31H,11-12H2,1-3H3,(H,25,30)/b5-4-,14-9+,17-16-/t13-,18-,19?,20+,21-,22+,24+/m1/s1. The van der Waals surface area contributed by atoms with Crippen LogP contribution in [0.25, 0.3) is 0 Å². The molecule has 1 aliphatic heterocycles. The van der Waals surface area contributed by atoms with Gasteiger partial charge in [0.2, 0.25) is 6.29 Å². The van der Waals surface area contributed by atoms with Gasteiger partial charge in [0, 0.05) is 16.9 Å². The summed E-state index contributed by atoms with van der Waals surface area (Å²) in [6.07, 6.45) is -0.770. The van der Waals surface area contributed by atoms with Crippen molar-refractivity contribution in [1.29, 1.82) is 0 Å². The van der Waals surface area contributed by atoms with Gasteiger partial charge in [-0.2, -0.15) is 4.91 Å². The van der Waals surface area contributed by atoms with Crippen LogP contribution in [-0.2, 0) is 19.0 Å². The van der Waals surface area contributed by atoms with E-state index in [2.05, 4.69) is 34.2 Å². The van der Waals surface area contributed by atoms with Gasteiger partial charge in [-0.25, -0.2) is 4.79 Å². The second-order valence-corrected chi connectivity index (χ2v) is 12.6. The molecular formula is C24H26N2O9S3. The number of ether oxygens (including phenoxy) is 3. The highest BCUT2D eigenvalue weighted by Crippen LogP contribution is 2.40. The summed E-state index contributed by atoms with van der Waals surface area (Å²) < 4.78 is 16.2. The number of nitroso groups, excluding NO2 is 1. The summed E-state index contributed by atoms with van der Waals surface area (Å²) in [7, 11) is 5.62. The zero-order valence-corrected chi connectivity index (χ0v) is 23.0. The highest BCUT2D eigenvalue weighted by molar-refractivity contribution is 9.09. The molecule has 14 heteroatoms. The van der Waals surface area contributed by atoms with Gasteiger partial charge >= 0.3 is 6.09 Å². The summed E-state index contributed by atoms with van der Waals surface area (Å²) in [6.45, 7) is 1.48. The first-order valence-electron chi connectivity index (χ1n) is 11.2. The lowest BCUT2D eigenvalue weighted by Gasteiger charge is -2.40. The number of Topliss-reactive ketones (excluding diaryl/α,β-unsaturated/α-hetero) is 1. The van der Waals surface area contributed by atoms with E-state index in [1.807, 2.05) is 6.26 Å². The molecule has 11 nitrogen and oxygen atoms in total. The monoisotopic (exact) mass is 582 g/mol. The van der Waals surface area contributed by atoms with E-state index >= 15 is 0 Å². The van der Waals surface area contributed by atoms with Crippen LogP contribution in [0.15, 0.2) is 40.3 Å². The third-order valence-electron chi connectivity index (χ3n) is 5.82. The van der Waals surface area contributed by atoms with Crippen LogP contribution in [0.3, 0.4) is 0 Å². The van der Waals surface area contributed by atoms with E-state index in [-0.39, 0.29) is 16.9 Å². The maximum absolute atomic E-state index is 13.3. The second-order valence-electron chi connectivity index (χ2n) is 8.23. The summed E-state index contributed by atoms with van der Waals surface area (Å²) >= 11 is 0. The molecule has 1 amide bonds. The zero-order valence-electron chi connectivity index (χ0n) is 20.6. The third-order valence-corrected chi connectivity index (χ3v) is 9.55. The van der Waals surface area contributed by atoms with Crippen LogP contribution < -0.4 is 5.32 Å². The summed E-state index contributed by atoms with van der Waals surface area (Å²) in [5.74, 6) is 10.4. The molecule has 0 aromatic carbocycles. The molecule has 1 saturated carbocycles. The number of ketones is 1. The van der Waals surface area contributed by atoms with Crippen molar-refractivity contribution in [2.24, 2.45) is 5.18 Å². The van der Waals surface area contributed by atoms with Crippen molar-refractivity contribution in [2.75, 3.05) is 19.1 Å². The van der Waals surface area contributed by atoms with Crippen LogP contribution in [0, 0.1) is 28.6 Å². The Morgan fingerprint density at radius 3 is 2.76 bits per heavy atom. The van der Waals surface area contributed by atoms with Gasteiger partial charge in [0.05, 0.1) is 19.6 Å². The van der Waals surface area contributed by atoms with Gasteiger partial charge in [0.15, 0.2) is 17.1 Å². The Balaban J connectivity index is 2.20. The molecule has 38 heavy (non-hydrogen) atoms. The fraction of sp³-hybridized carbons (Fsp3) is 0.500. The van der Waals surface area contributed by atoms with Crippen molar-refractivity contribution >= 4 is 43.3 Å². The van der Waals surface area contributed by atoms with Crippen molar-refractivity contribution in [3.05, 3.63) is 40.0 Å². The number of fused-ring (bicyclic) bond motifs is 2. The van der Waals surface area contributed by atoms with E-state index in [4.69, 9.17) is 14.2 Å². The minimum Gasteiger partial charge on any atom is -0.453 e. The van der Waals surface area contributed by atoms with E-state index in [0.29, 0.717) is 5.75 Å².